The van der Waals surface area contributed by atoms with Gasteiger partial charge in [-0.15, -0.1) is 0 Å². The Labute approximate surface area is 95.8 Å². The van der Waals surface area contributed by atoms with E-state index in [0.29, 0.717) is 5.33 Å². The molecule has 0 saturated carbocycles. The van der Waals surface area contributed by atoms with Crippen molar-refractivity contribution in [2.24, 2.45) is 5.73 Å². The van der Waals surface area contributed by atoms with Gasteiger partial charge in [-0.1, -0.05) is 28.1 Å². The minimum absolute atomic E-state index is 0.194. The summed E-state index contributed by atoms with van der Waals surface area (Å²) in [6, 6.07) is 4.05. The van der Waals surface area contributed by atoms with E-state index in [2.05, 4.69) is 15.9 Å². The van der Waals surface area contributed by atoms with Crippen molar-refractivity contribution < 1.29 is 15.0 Å². The molecule has 4 nitrogen and oxygen atoms in total. The van der Waals surface area contributed by atoms with E-state index >= 15 is 0 Å². The maximum atomic E-state index is 10.5. The van der Waals surface area contributed by atoms with Gasteiger partial charge in [0.15, 0.2) is 0 Å². The number of hydrogen-bond acceptors (Lipinski definition) is 3. The average Bonchev–Trinajstić information content (AvgIpc) is 2.20. The van der Waals surface area contributed by atoms with Gasteiger partial charge in [0, 0.05) is 10.9 Å². The summed E-state index contributed by atoms with van der Waals surface area (Å²) in [5.41, 5.74) is 6.93. The topological polar surface area (TPSA) is 83.5 Å². The fraction of sp³-hybridized carbons (Fsp3) is 0.300. The molecule has 0 unspecified atom stereocenters. The molecule has 4 N–H and O–H groups in total. The predicted molar refractivity (Wildman–Crippen MR) is 60.1 cm³/mol. The quantitative estimate of drug-likeness (QED) is 0.721. The Balaban J connectivity index is 2.83. The number of aliphatic carboxylic acids is 1. The number of alkyl halides is 1. The Morgan fingerprint density at radius 1 is 1.53 bits per heavy atom. The first-order chi connectivity index (χ1) is 7.04. The van der Waals surface area contributed by atoms with Crippen LogP contribution in [0, 0.1) is 0 Å². The second kappa shape index (κ2) is 5.14. The number of benzene rings is 1. The van der Waals surface area contributed by atoms with E-state index < -0.39 is 12.0 Å². The van der Waals surface area contributed by atoms with Crippen molar-refractivity contribution in [2.45, 2.75) is 17.8 Å². The lowest BCUT2D eigenvalue weighted by atomic mass is 10.0. The Morgan fingerprint density at radius 3 is 2.73 bits per heavy atom. The van der Waals surface area contributed by atoms with Crippen LogP contribution in [-0.2, 0) is 16.5 Å². The zero-order chi connectivity index (χ0) is 11.4. The fourth-order valence-electron chi connectivity index (χ4n) is 1.21. The van der Waals surface area contributed by atoms with Gasteiger partial charge >= 0.3 is 5.97 Å². The summed E-state index contributed by atoms with van der Waals surface area (Å²) >= 11 is 3.23. The molecule has 1 rings (SSSR count). The second-order valence-electron chi connectivity index (χ2n) is 3.25. The van der Waals surface area contributed by atoms with Gasteiger partial charge in [0.1, 0.15) is 11.8 Å². The second-order valence-corrected chi connectivity index (χ2v) is 3.81. The Morgan fingerprint density at radius 2 is 2.20 bits per heavy atom. The fourth-order valence-corrected chi connectivity index (χ4v) is 1.66. The van der Waals surface area contributed by atoms with Gasteiger partial charge in [-0.25, -0.2) is 0 Å². The summed E-state index contributed by atoms with van der Waals surface area (Å²) in [5, 5.41) is 18.6. The van der Waals surface area contributed by atoms with Gasteiger partial charge < -0.3 is 15.9 Å². The molecule has 1 atom stereocenters. The van der Waals surface area contributed by atoms with Gasteiger partial charge in [0.05, 0.1) is 0 Å². The number of aromatic hydroxyl groups is 1. The van der Waals surface area contributed by atoms with Gasteiger partial charge in [-0.3, -0.25) is 4.79 Å². The van der Waals surface area contributed by atoms with E-state index in [-0.39, 0.29) is 12.2 Å². The van der Waals surface area contributed by atoms with Crippen LogP contribution in [0.25, 0.3) is 0 Å². The van der Waals surface area contributed by atoms with Crippen LogP contribution in [0.15, 0.2) is 18.2 Å². The van der Waals surface area contributed by atoms with Crippen molar-refractivity contribution in [3.8, 4) is 5.75 Å². The highest BCUT2D eigenvalue weighted by atomic mass is 79.9. The number of hydrogen-bond donors (Lipinski definition) is 3. The number of rotatable bonds is 4. The molecule has 0 aliphatic rings. The minimum Gasteiger partial charge on any atom is -0.508 e. The lowest BCUT2D eigenvalue weighted by molar-refractivity contribution is -0.138. The van der Waals surface area contributed by atoms with Crippen LogP contribution in [0.5, 0.6) is 5.75 Å². The standard InChI is InChI=1S/C10H12BrNO3/c11-5-7-3-6(1-2-9(7)13)4-8(12)10(14)15/h1-3,8,13H,4-5,12H2,(H,14,15)/t8-/m0/s1. The van der Waals surface area contributed by atoms with Crippen molar-refractivity contribution in [1.82, 2.24) is 0 Å². The maximum absolute atomic E-state index is 10.5. The largest absolute Gasteiger partial charge is 0.508 e. The SMILES string of the molecule is N[C@@H](Cc1ccc(O)c(CBr)c1)C(=O)O. The number of carboxylic acid groups (broad SMARTS) is 1. The van der Waals surface area contributed by atoms with Crippen LogP contribution < -0.4 is 5.73 Å². The third-order valence-corrected chi connectivity index (χ3v) is 2.66. The third kappa shape index (κ3) is 3.21. The normalized spacial score (nSPS) is 12.4. The molecule has 0 bridgehead atoms. The van der Waals surface area contributed by atoms with Crippen LogP contribution in [0.2, 0.25) is 0 Å². The molecule has 0 saturated heterocycles. The number of halogens is 1. The van der Waals surface area contributed by atoms with E-state index in [4.69, 9.17) is 10.8 Å². The van der Waals surface area contributed by atoms with E-state index in [1.54, 1.807) is 18.2 Å². The summed E-state index contributed by atoms with van der Waals surface area (Å²) in [7, 11) is 0. The van der Waals surface area contributed by atoms with Crippen LogP contribution in [-0.4, -0.2) is 22.2 Å². The molecule has 5 heteroatoms. The maximum Gasteiger partial charge on any atom is 0.320 e. The van der Waals surface area contributed by atoms with E-state index in [1.165, 1.54) is 0 Å². The summed E-state index contributed by atoms with van der Waals surface area (Å²) < 4.78 is 0. The Kier molecular flexibility index (Phi) is 4.11. The van der Waals surface area contributed by atoms with E-state index in [0.717, 1.165) is 11.1 Å². The predicted octanol–water partition coefficient (Wildman–Crippen LogP) is 1.24. The van der Waals surface area contributed by atoms with Crippen LogP contribution >= 0.6 is 15.9 Å². The van der Waals surface area contributed by atoms with Crippen molar-refractivity contribution in [2.75, 3.05) is 0 Å². The van der Waals surface area contributed by atoms with Crippen LogP contribution in [0.4, 0.5) is 0 Å². The molecular formula is C10H12BrNO3. The number of carbonyl (C=O) groups is 1. The first-order valence-electron chi connectivity index (χ1n) is 4.39. The number of carboxylic acids is 1. The molecule has 0 heterocycles. The van der Waals surface area contributed by atoms with Crippen molar-refractivity contribution in [1.29, 1.82) is 0 Å². The summed E-state index contributed by atoms with van der Waals surface area (Å²) in [5.74, 6) is -0.831. The summed E-state index contributed by atoms with van der Waals surface area (Å²) in [6.45, 7) is 0. The lowest BCUT2D eigenvalue weighted by Gasteiger charge is -2.08. The Bertz CT molecular complexity index is 368. The van der Waals surface area contributed by atoms with E-state index in [1.807, 2.05) is 0 Å². The van der Waals surface area contributed by atoms with E-state index in [9.17, 15) is 9.90 Å². The highest BCUT2D eigenvalue weighted by Crippen LogP contribution is 2.21. The molecule has 1 aromatic rings. The molecule has 0 spiro atoms. The molecule has 15 heavy (non-hydrogen) atoms. The zero-order valence-electron chi connectivity index (χ0n) is 7.98. The monoisotopic (exact) mass is 273 g/mol. The van der Waals surface area contributed by atoms with Crippen LogP contribution in [0.3, 0.4) is 0 Å². The molecule has 1 aromatic carbocycles. The van der Waals surface area contributed by atoms with Gasteiger partial charge in [-0.05, 0) is 18.1 Å². The molecule has 0 aromatic heterocycles. The minimum atomic E-state index is -1.02. The average molecular weight is 274 g/mol. The molecule has 82 valence electrons. The molecule has 0 aliphatic carbocycles. The third-order valence-electron chi connectivity index (χ3n) is 2.06. The van der Waals surface area contributed by atoms with Crippen LogP contribution in [0.1, 0.15) is 11.1 Å². The molecule has 0 amide bonds. The highest BCUT2D eigenvalue weighted by molar-refractivity contribution is 9.08. The highest BCUT2D eigenvalue weighted by Gasteiger charge is 2.12. The number of phenolic OH excluding ortho intramolecular Hbond substituents is 1. The number of phenols is 1. The van der Waals surface area contributed by atoms with Crippen molar-refractivity contribution in [3.05, 3.63) is 29.3 Å². The zero-order valence-corrected chi connectivity index (χ0v) is 9.57. The summed E-state index contributed by atoms with van der Waals surface area (Å²) in [4.78, 5) is 10.5. The molecule has 0 radical (unpaired) electrons. The first-order valence-corrected chi connectivity index (χ1v) is 5.52. The molecule has 0 aliphatic heterocycles. The smallest absolute Gasteiger partial charge is 0.320 e. The lowest BCUT2D eigenvalue weighted by Crippen LogP contribution is -2.32. The molecular weight excluding hydrogens is 262 g/mol. The number of nitrogens with two attached hydrogens (primary N) is 1. The first kappa shape index (κ1) is 12.0. The Hall–Kier alpha value is -1.07. The van der Waals surface area contributed by atoms with Gasteiger partial charge in [0.25, 0.3) is 0 Å². The molecule has 0 fully saturated rings. The van der Waals surface area contributed by atoms with Crippen molar-refractivity contribution in [3.63, 3.8) is 0 Å². The summed E-state index contributed by atoms with van der Waals surface area (Å²) in [6.07, 6.45) is 0.260. The van der Waals surface area contributed by atoms with Crippen molar-refractivity contribution >= 4 is 21.9 Å². The van der Waals surface area contributed by atoms with Gasteiger partial charge in [0.2, 0.25) is 0 Å². The van der Waals surface area contributed by atoms with Gasteiger partial charge in [-0.2, -0.15) is 0 Å².